The molecule has 0 saturated heterocycles. The van der Waals surface area contributed by atoms with E-state index in [1.54, 1.807) is 6.07 Å². The normalized spacial score (nSPS) is 18.3. The number of benzene rings is 2. The van der Waals surface area contributed by atoms with E-state index in [0.29, 0.717) is 18.1 Å². The Balaban J connectivity index is 1.67. The third kappa shape index (κ3) is 6.55. The maximum Gasteiger partial charge on any atom is 0.201 e. The lowest BCUT2D eigenvalue weighted by atomic mass is 9.77. The molecule has 0 aromatic heterocycles. The zero-order valence-corrected chi connectivity index (χ0v) is 20.6. The quantitative estimate of drug-likeness (QED) is 0.218. The summed E-state index contributed by atoms with van der Waals surface area (Å²) in [5.74, 6) is -4.01. The van der Waals surface area contributed by atoms with Gasteiger partial charge in [0.15, 0.2) is 23.2 Å². The summed E-state index contributed by atoms with van der Waals surface area (Å²) in [6, 6.07) is 5.48. The van der Waals surface area contributed by atoms with Crippen LogP contribution in [0, 0.1) is 29.2 Å². The minimum absolute atomic E-state index is 0.0315. The average Bonchev–Trinajstić information content (AvgIpc) is 2.84. The lowest BCUT2D eigenvalue weighted by Gasteiger charge is -2.29. The molecule has 0 spiro atoms. The molecule has 2 aromatic rings. The molecular formula is C29H38F4O. The van der Waals surface area contributed by atoms with Crippen molar-refractivity contribution in [2.24, 2.45) is 5.92 Å². The molecule has 2 aromatic carbocycles. The van der Waals surface area contributed by atoms with Crippen molar-refractivity contribution in [3.05, 3.63) is 53.1 Å². The van der Waals surface area contributed by atoms with Crippen LogP contribution in [0.15, 0.2) is 24.3 Å². The molecule has 1 saturated carbocycles. The molecule has 1 aliphatic rings. The van der Waals surface area contributed by atoms with Crippen LogP contribution in [0.2, 0.25) is 0 Å². The van der Waals surface area contributed by atoms with E-state index in [9.17, 15) is 17.6 Å². The lowest BCUT2D eigenvalue weighted by Crippen LogP contribution is -2.15. The van der Waals surface area contributed by atoms with Crippen molar-refractivity contribution in [1.82, 2.24) is 0 Å². The van der Waals surface area contributed by atoms with Crippen LogP contribution in [0.1, 0.15) is 102 Å². The van der Waals surface area contributed by atoms with Crippen LogP contribution < -0.4 is 4.74 Å². The van der Waals surface area contributed by atoms with E-state index >= 15 is 0 Å². The first-order chi connectivity index (χ1) is 16.5. The summed E-state index contributed by atoms with van der Waals surface area (Å²) in [6.07, 6.45) is 12.3. The number of ether oxygens (including phenoxy) is 1. The van der Waals surface area contributed by atoms with Gasteiger partial charge in [-0.3, -0.25) is 0 Å². The summed E-state index contributed by atoms with van der Waals surface area (Å²) in [5, 5.41) is 0. The lowest BCUT2D eigenvalue weighted by molar-refractivity contribution is 0.285. The van der Waals surface area contributed by atoms with Gasteiger partial charge in [-0.2, -0.15) is 4.39 Å². The molecule has 0 bridgehead atoms. The molecule has 0 N–H and O–H groups in total. The first-order valence-corrected chi connectivity index (χ1v) is 13.1. The molecule has 0 aliphatic heterocycles. The van der Waals surface area contributed by atoms with Gasteiger partial charge in [-0.05, 0) is 61.6 Å². The van der Waals surface area contributed by atoms with Gasteiger partial charge < -0.3 is 4.74 Å². The minimum Gasteiger partial charge on any atom is -0.490 e. The largest absolute Gasteiger partial charge is 0.490 e. The fraction of sp³-hybridized carbons (Fsp3) is 0.586. The highest BCUT2D eigenvalue weighted by Gasteiger charge is 2.27. The summed E-state index contributed by atoms with van der Waals surface area (Å²) in [4.78, 5) is 0. The van der Waals surface area contributed by atoms with Crippen molar-refractivity contribution in [2.45, 2.75) is 96.8 Å². The molecule has 5 heteroatoms. The Kier molecular flexibility index (Phi) is 10.3. The summed E-state index contributed by atoms with van der Waals surface area (Å²) in [5.41, 5.74) is -0.213. The van der Waals surface area contributed by atoms with E-state index in [-0.39, 0.29) is 22.8 Å². The third-order valence-corrected chi connectivity index (χ3v) is 7.19. The molecule has 0 radical (unpaired) electrons. The third-order valence-electron chi connectivity index (χ3n) is 7.19. The van der Waals surface area contributed by atoms with Crippen LogP contribution in [0.5, 0.6) is 5.75 Å². The minimum atomic E-state index is -1.22. The van der Waals surface area contributed by atoms with Crippen LogP contribution in [0.4, 0.5) is 17.6 Å². The molecule has 0 heterocycles. The monoisotopic (exact) mass is 478 g/mol. The van der Waals surface area contributed by atoms with Gasteiger partial charge in [-0.15, -0.1) is 0 Å². The Hall–Kier alpha value is -2.04. The second kappa shape index (κ2) is 13.2. The highest BCUT2D eigenvalue weighted by atomic mass is 19.2. The van der Waals surface area contributed by atoms with Gasteiger partial charge in [0, 0.05) is 11.1 Å². The van der Waals surface area contributed by atoms with Crippen molar-refractivity contribution >= 4 is 0 Å². The van der Waals surface area contributed by atoms with Gasteiger partial charge in [0.05, 0.1) is 6.61 Å². The zero-order chi connectivity index (χ0) is 24.5. The number of unbranched alkanes of at least 4 members (excludes halogenated alkanes) is 5. The number of rotatable bonds is 12. The Morgan fingerprint density at radius 2 is 1.29 bits per heavy atom. The fourth-order valence-corrected chi connectivity index (χ4v) is 5.17. The van der Waals surface area contributed by atoms with Gasteiger partial charge in [0.1, 0.15) is 0 Å². The summed E-state index contributed by atoms with van der Waals surface area (Å²) in [7, 11) is 0. The molecule has 34 heavy (non-hydrogen) atoms. The molecular weight excluding hydrogens is 440 g/mol. The van der Waals surface area contributed by atoms with E-state index in [0.717, 1.165) is 57.8 Å². The Morgan fingerprint density at radius 1 is 0.676 bits per heavy atom. The maximum atomic E-state index is 15.0. The second-order valence-electron chi connectivity index (χ2n) is 9.69. The van der Waals surface area contributed by atoms with Gasteiger partial charge in [0.2, 0.25) is 5.82 Å². The summed E-state index contributed by atoms with van der Waals surface area (Å²) >= 11 is 0. The van der Waals surface area contributed by atoms with Gasteiger partial charge in [-0.1, -0.05) is 70.9 Å². The van der Waals surface area contributed by atoms with E-state index in [2.05, 4.69) is 13.8 Å². The predicted molar refractivity (Wildman–Crippen MR) is 130 cm³/mol. The zero-order valence-electron chi connectivity index (χ0n) is 20.6. The highest BCUT2D eigenvalue weighted by Crippen LogP contribution is 2.40. The van der Waals surface area contributed by atoms with Crippen LogP contribution >= 0.6 is 0 Å². The van der Waals surface area contributed by atoms with E-state index in [4.69, 9.17) is 4.74 Å². The predicted octanol–water partition coefficient (Wildman–Crippen LogP) is 9.72. The first-order valence-electron chi connectivity index (χ1n) is 13.1. The second-order valence-corrected chi connectivity index (χ2v) is 9.69. The molecule has 1 aliphatic carbocycles. The molecule has 0 atom stereocenters. The fourth-order valence-electron chi connectivity index (χ4n) is 5.17. The van der Waals surface area contributed by atoms with Crippen LogP contribution in [-0.4, -0.2) is 6.61 Å². The molecule has 0 amide bonds. The Labute approximate surface area is 201 Å². The topological polar surface area (TPSA) is 9.23 Å². The maximum absolute atomic E-state index is 15.0. The molecule has 1 fully saturated rings. The van der Waals surface area contributed by atoms with E-state index in [1.165, 1.54) is 37.5 Å². The highest BCUT2D eigenvalue weighted by molar-refractivity contribution is 5.66. The van der Waals surface area contributed by atoms with Gasteiger partial charge in [-0.25, -0.2) is 13.2 Å². The van der Waals surface area contributed by atoms with E-state index < -0.39 is 23.3 Å². The Morgan fingerprint density at radius 3 is 1.97 bits per heavy atom. The van der Waals surface area contributed by atoms with Crippen LogP contribution in [0.25, 0.3) is 11.1 Å². The number of hydrogen-bond acceptors (Lipinski definition) is 1. The molecule has 188 valence electrons. The first kappa shape index (κ1) is 26.6. The smallest absolute Gasteiger partial charge is 0.201 e. The molecule has 0 unspecified atom stereocenters. The Bertz CT molecular complexity index is 919. The van der Waals surface area contributed by atoms with Gasteiger partial charge >= 0.3 is 0 Å². The molecule has 3 rings (SSSR count). The van der Waals surface area contributed by atoms with Crippen molar-refractivity contribution in [3.8, 4) is 16.9 Å². The molecule has 1 nitrogen and oxygen atoms in total. The van der Waals surface area contributed by atoms with E-state index in [1.807, 2.05) is 0 Å². The van der Waals surface area contributed by atoms with Crippen molar-refractivity contribution < 1.29 is 22.3 Å². The number of hydrogen-bond donors (Lipinski definition) is 0. The van der Waals surface area contributed by atoms with Crippen LogP contribution in [0.3, 0.4) is 0 Å². The standard InChI is InChI=1S/C29H38F4O/c1-3-5-6-7-8-9-19-34-25-18-17-24(28(32)29(25)33)23-16-15-22(26(30)27(23)31)21-13-11-20(10-4-2)12-14-21/h15-18,20-21H,3-14,19H2,1-2H3. The number of halogens is 4. The van der Waals surface area contributed by atoms with Crippen LogP contribution in [-0.2, 0) is 0 Å². The average molecular weight is 479 g/mol. The van der Waals surface area contributed by atoms with Crippen molar-refractivity contribution in [3.63, 3.8) is 0 Å². The SMILES string of the molecule is CCCCCCCCOc1ccc(-c2ccc(C3CCC(CCC)CC3)c(F)c2F)c(F)c1F. The van der Waals surface area contributed by atoms with Gasteiger partial charge in [0.25, 0.3) is 0 Å². The summed E-state index contributed by atoms with van der Waals surface area (Å²) < 4.78 is 64.8. The summed E-state index contributed by atoms with van der Waals surface area (Å²) in [6.45, 7) is 4.61. The van der Waals surface area contributed by atoms with Crippen molar-refractivity contribution in [2.75, 3.05) is 6.61 Å². The van der Waals surface area contributed by atoms with Crippen molar-refractivity contribution in [1.29, 1.82) is 0 Å².